The number of aromatic nitrogens is 2. The predicted octanol–water partition coefficient (Wildman–Crippen LogP) is 3.29. The number of rotatable bonds is 7. The van der Waals surface area contributed by atoms with Crippen molar-refractivity contribution in [1.82, 2.24) is 20.4 Å². The van der Waals surface area contributed by atoms with Crippen molar-refractivity contribution >= 4 is 5.91 Å². The first-order chi connectivity index (χ1) is 12.6. The van der Waals surface area contributed by atoms with E-state index in [2.05, 4.69) is 53.8 Å². The third-order valence-electron chi connectivity index (χ3n) is 5.06. The molecule has 2 heterocycles. The van der Waals surface area contributed by atoms with Gasteiger partial charge in [-0.3, -0.25) is 9.48 Å². The second-order valence-corrected chi connectivity index (χ2v) is 7.44. The molecular formula is C21H30N4O. The van der Waals surface area contributed by atoms with Gasteiger partial charge in [-0.15, -0.1) is 0 Å². The predicted molar refractivity (Wildman–Crippen MR) is 105 cm³/mol. The molecule has 2 aromatic rings. The number of carbonyl (C=O) groups is 1. The van der Waals surface area contributed by atoms with Crippen LogP contribution in [0.3, 0.4) is 0 Å². The average molecular weight is 354 g/mol. The van der Waals surface area contributed by atoms with Gasteiger partial charge in [0.2, 0.25) is 0 Å². The van der Waals surface area contributed by atoms with Crippen LogP contribution in [0.2, 0.25) is 0 Å². The highest BCUT2D eigenvalue weighted by molar-refractivity contribution is 5.92. The van der Waals surface area contributed by atoms with Crippen molar-refractivity contribution in [3.8, 4) is 0 Å². The molecular weight excluding hydrogens is 324 g/mol. The first kappa shape index (κ1) is 18.6. The van der Waals surface area contributed by atoms with Gasteiger partial charge in [-0.1, -0.05) is 38.1 Å². The van der Waals surface area contributed by atoms with Gasteiger partial charge in [0.15, 0.2) is 0 Å². The summed E-state index contributed by atoms with van der Waals surface area (Å²) in [5.74, 6) is 0.482. The molecule has 3 rings (SSSR count). The van der Waals surface area contributed by atoms with Gasteiger partial charge in [-0.05, 0) is 55.3 Å². The molecule has 0 radical (unpaired) electrons. The van der Waals surface area contributed by atoms with E-state index in [1.54, 1.807) is 0 Å². The lowest BCUT2D eigenvalue weighted by molar-refractivity contribution is 0.0947. The van der Waals surface area contributed by atoms with Crippen LogP contribution in [0.5, 0.6) is 0 Å². The third-order valence-corrected chi connectivity index (χ3v) is 5.06. The summed E-state index contributed by atoms with van der Waals surface area (Å²) in [5.41, 5.74) is 3.19. The maximum Gasteiger partial charge on any atom is 0.271 e. The van der Waals surface area contributed by atoms with Gasteiger partial charge < -0.3 is 10.6 Å². The monoisotopic (exact) mass is 354 g/mol. The minimum absolute atomic E-state index is 0.0809. The largest absolute Gasteiger partial charge is 0.351 e. The summed E-state index contributed by atoms with van der Waals surface area (Å²) >= 11 is 0. The van der Waals surface area contributed by atoms with Crippen molar-refractivity contribution in [2.24, 2.45) is 0 Å². The lowest BCUT2D eigenvalue weighted by Gasteiger charge is -2.22. The van der Waals surface area contributed by atoms with Gasteiger partial charge in [0, 0.05) is 19.3 Å². The van der Waals surface area contributed by atoms with Crippen LogP contribution in [0.4, 0.5) is 0 Å². The molecule has 1 aliphatic rings. The number of aryl methyl sites for hydroxylation is 1. The molecule has 1 unspecified atom stereocenters. The summed E-state index contributed by atoms with van der Waals surface area (Å²) in [5, 5.41) is 10.8. The van der Waals surface area contributed by atoms with Gasteiger partial charge in [0.05, 0.1) is 6.04 Å². The quantitative estimate of drug-likeness (QED) is 0.750. The number of nitrogens with one attached hydrogen (secondary N) is 2. The molecule has 1 saturated heterocycles. The maximum atomic E-state index is 12.3. The number of piperidine rings is 1. The van der Waals surface area contributed by atoms with Crippen LogP contribution in [0.25, 0.3) is 0 Å². The van der Waals surface area contributed by atoms with Gasteiger partial charge >= 0.3 is 0 Å². The summed E-state index contributed by atoms with van der Waals surface area (Å²) in [7, 11) is 0. The molecule has 0 aliphatic carbocycles. The number of amides is 1. The number of carbonyl (C=O) groups excluding carboxylic acids is 1. The molecule has 1 aromatic carbocycles. The van der Waals surface area contributed by atoms with E-state index < -0.39 is 0 Å². The molecule has 1 fully saturated rings. The van der Waals surface area contributed by atoms with E-state index in [-0.39, 0.29) is 5.91 Å². The number of hydrogen-bond donors (Lipinski definition) is 2. The van der Waals surface area contributed by atoms with Gasteiger partial charge in [-0.2, -0.15) is 5.10 Å². The topological polar surface area (TPSA) is 59.0 Å². The Bertz CT molecular complexity index is 699. The Labute approximate surface area is 156 Å². The van der Waals surface area contributed by atoms with E-state index in [4.69, 9.17) is 0 Å². The highest BCUT2D eigenvalue weighted by Gasteiger charge is 2.17. The van der Waals surface area contributed by atoms with Crippen LogP contribution in [-0.4, -0.2) is 35.3 Å². The SMILES string of the molecule is CC(C)c1ccc(CCCNC(=O)c2ccn(C3CCCNC3)n2)cc1. The Kier molecular flexibility index (Phi) is 6.45. The van der Waals surface area contributed by atoms with Crippen molar-refractivity contribution in [1.29, 1.82) is 0 Å². The fourth-order valence-electron chi connectivity index (χ4n) is 3.38. The normalized spacial score (nSPS) is 17.4. The maximum absolute atomic E-state index is 12.3. The molecule has 1 atom stereocenters. The zero-order valence-corrected chi connectivity index (χ0v) is 15.9. The fraction of sp³-hybridized carbons (Fsp3) is 0.524. The highest BCUT2D eigenvalue weighted by atomic mass is 16.1. The second-order valence-electron chi connectivity index (χ2n) is 7.44. The highest BCUT2D eigenvalue weighted by Crippen LogP contribution is 2.16. The number of benzene rings is 1. The van der Waals surface area contributed by atoms with Crippen LogP contribution >= 0.6 is 0 Å². The summed E-state index contributed by atoms with van der Waals surface area (Å²) in [4.78, 5) is 12.3. The summed E-state index contributed by atoms with van der Waals surface area (Å²) in [6, 6.07) is 11.0. The molecule has 1 amide bonds. The molecule has 0 bridgehead atoms. The Morgan fingerprint density at radius 1 is 1.31 bits per heavy atom. The van der Waals surface area contributed by atoms with E-state index >= 15 is 0 Å². The van der Waals surface area contributed by atoms with Gasteiger partial charge in [0.25, 0.3) is 5.91 Å². The summed E-state index contributed by atoms with van der Waals surface area (Å²) < 4.78 is 1.93. The van der Waals surface area contributed by atoms with Crippen LogP contribution < -0.4 is 10.6 Å². The first-order valence-corrected chi connectivity index (χ1v) is 9.76. The van der Waals surface area contributed by atoms with E-state index in [9.17, 15) is 4.79 Å². The Morgan fingerprint density at radius 2 is 2.12 bits per heavy atom. The van der Waals surface area contributed by atoms with Crippen molar-refractivity contribution in [3.63, 3.8) is 0 Å². The van der Waals surface area contributed by atoms with Crippen LogP contribution in [0.15, 0.2) is 36.5 Å². The summed E-state index contributed by atoms with van der Waals surface area (Å²) in [6.45, 7) is 7.08. The molecule has 0 saturated carbocycles. The standard InChI is InChI=1S/C21H30N4O/c1-16(2)18-9-7-17(8-10-18)5-3-13-23-21(26)20-11-14-25(24-20)19-6-4-12-22-15-19/h7-11,14,16,19,22H,3-6,12-13,15H2,1-2H3,(H,23,26). The summed E-state index contributed by atoms with van der Waals surface area (Å²) in [6.07, 6.45) is 6.10. The fourth-order valence-corrected chi connectivity index (χ4v) is 3.38. The molecule has 5 nitrogen and oxygen atoms in total. The Morgan fingerprint density at radius 3 is 2.81 bits per heavy atom. The molecule has 26 heavy (non-hydrogen) atoms. The molecule has 5 heteroatoms. The van der Waals surface area contributed by atoms with E-state index in [0.717, 1.165) is 38.8 Å². The lowest BCUT2D eigenvalue weighted by atomic mass is 10.0. The molecule has 1 aromatic heterocycles. The van der Waals surface area contributed by atoms with Crippen molar-refractivity contribution in [3.05, 3.63) is 53.3 Å². The molecule has 140 valence electrons. The lowest BCUT2D eigenvalue weighted by Crippen LogP contribution is -2.32. The first-order valence-electron chi connectivity index (χ1n) is 9.76. The average Bonchev–Trinajstić information content (AvgIpc) is 3.16. The second kappa shape index (κ2) is 8.99. The van der Waals surface area contributed by atoms with E-state index in [1.807, 2.05) is 16.9 Å². The zero-order valence-electron chi connectivity index (χ0n) is 15.9. The minimum atomic E-state index is -0.0809. The Hall–Kier alpha value is -2.14. The van der Waals surface area contributed by atoms with Crippen molar-refractivity contribution < 1.29 is 4.79 Å². The third kappa shape index (κ3) is 4.94. The molecule has 2 N–H and O–H groups in total. The number of hydrogen-bond acceptors (Lipinski definition) is 3. The Balaban J connectivity index is 1.42. The number of nitrogens with zero attached hydrogens (tertiary/aromatic N) is 2. The van der Waals surface area contributed by atoms with E-state index in [0.29, 0.717) is 24.2 Å². The van der Waals surface area contributed by atoms with Crippen LogP contribution in [-0.2, 0) is 6.42 Å². The smallest absolute Gasteiger partial charge is 0.271 e. The van der Waals surface area contributed by atoms with Gasteiger partial charge in [0.1, 0.15) is 5.69 Å². The van der Waals surface area contributed by atoms with Crippen molar-refractivity contribution in [2.45, 2.75) is 51.5 Å². The van der Waals surface area contributed by atoms with Gasteiger partial charge in [-0.25, -0.2) is 0 Å². The van der Waals surface area contributed by atoms with Crippen LogP contribution in [0.1, 0.15) is 66.7 Å². The van der Waals surface area contributed by atoms with Crippen molar-refractivity contribution in [2.75, 3.05) is 19.6 Å². The molecule has 1 aliphatic heterocycles. The zero-order chi connectivity index (χ0) is 18.4. The van der Waals surface area contributed by atoms with Crippen LogP contribution in [0, 0.1) is 0 Å². The minimum Gasteiger partial charge on any atom is -0.351 e. The molecule has 0 spiro atoms. The van der Waals surface area contributed by atoms with E-state index in [1.165, 1.54) is 11.1 Å².